The molecule has 0 spiro atoms. The molecule has 0 fully saturated rings. The quantitative estimate of drug-likeness (QED) is 0.446. The number of amides is 1. The Balaban J connectivity index is 2.25. The van der Waals surface area contributed by atoms with Crippen LogP contribution in [0.15, 0.2) is 48.0 Å². The summed E-state index contributed by atoms with van der Waals surface area (Å²) >= 11 is 0. The molecule has 6 nitrogen and oxygen atoms in total. The molecule has 6 heteroatoms. The standard InChI is InChI=1S/C18H16N2O4/c1-2-24-17-6-4-3-5-14(17)20-18(23)13(11-19)9-12-7-8-15(21)16(22)10-12/h3-10,21-22H,2H2,1H3,(H,20,23)/b13-9+. The lowest BCUT2D eigenvalue weighted by Crippen LogP contribution is -2.14. The molecule has 2 rings (SSSR count). The Labute approximate surface area is 139 Å². The van der Waals surface area contributed by atoms with E-state index in [1.807, 2.05) is 13.0 Å². The smallest absolute Gasteiger partial charge is 0.266 e. The van der Waals surface area contributed by atoms with E-state index in [0.29, 0.717) is 23.6 Å². The number of rotatable bonds is 5. The summed E-state index contributed by atoms with van der Waals surface area (Å²) in [6.45, 7) is 2.27. The van der Waals surface area contributed by atoms with Gasteiger partial charge in [-0.05, 0) is 42.8 Å². The van der Waals surface area contributed by atoms with Gasteiger partial charge in [-0.25, -0.2) is 0 Å². The number of nitriles is 1. The summed E-state index contributed by atoms with van der Waals surface area (Å²) in [5.41, 5.74) is 0.723. The lowest BCUT2D eigenvalue weighted by atomic mass is 10.1. The Hall–Kier alpha value is -3.46. The van der Waals surface area contributed by atoms with Crippen molar-refractivity contribution in [3.05, 3.63) is 53.6 Å². The number of carbonyl (C=O) groups is 1. The molecule has 0 aliphatic carbocycles. The van der Waals surface area contributed by atoms with E-state index < -0.39 is 5.91 Å². The molecule has 2 aromatic carbocycles. The highest BCUT2D eigenvalue weighted by Crippen LogP contribution is 2.27. The summed E-state index contributed by atoms with van der Waals surface area (Å²) in [5.74, 6) is -0.700. The summed E-state index contributed by atoms with van der Waals surface area (Å²) in [7, 11) is 0. The van der Waals surface area contributed by atoms with E-state index in [0.717, 1.165) is 0 Å². The molecule has 0 bridgehead atoms. The maximum atomic E-state index is 12.3. The Kier molecular flexibility index (Phi) is 5.42. The maximum Gasteiger partial charge on any atom is 0.266 e. The third-order valence-electron chi connectivity index (χ3n) is 3.11. The molecule has 0 aromatic heterocycles. The van der Waals surface area contributed by atoms with Crippen molar-refractivity contribution in [1.29, 1.82) is 5.26 Å². The van der Waals surface area contributed by atoms with Crippen molar-refractivity contribution in [3.8, 4) is 23.3 Å². The number of phenols is 2. The Morgan fingerprint density at radius 2 is 2.00 bits per heavy atom. The summed E-state index contributed by atoms with van der Waals surface area (Å²) < 4.78 is 5.42. The third kappa shape index (κ3) is 4.05. The van der Waals surface area contributed by atoms with Crippen LogP contribution in [0.25, 0.3) is 6.08 Å². The van der Waals surface area contributed by atoms with Gasteiger partial charge in [-0.1, -0.05) is 18.2 Å². The molecule has 0 heterocycles. The highest BCUT2D eigenvalue weighted by Gasteiger charge is 2.12. The second-order valence-electron chi connectivity index (χ2n) is 4.80. The molecule has 0 radical (unpaired) electrons. The van der Waals surface area contributed by atoms with E-state index in [4.69, 9.17) is 4.74 Å². The van der Waals surface area contributed by atoms with Crippen LogP contribution in [0, 0.1) is 11.3 Å². The first-order valence-corrected chi connectivity index (χ1v) is 7.22. The molecular weight excluding hydrogens is 308 g/mol. The number of anilines is 1. The van der Waals surface area contributed by atoms with E-state index in [2.05, 4.69) is 5.32 Å². The lowest BCUT2D eigenvalue weighted by molar-refractivity contribution is -0.112. The van der Waals surface area contributed by atoms with E-state index >= 15 is 0 Å². The van der Waals surface area contributed by atoms with Gasteiger partial charge in [0.05, 0.1) is 12.3 Å². The average Bonchev–Trinajstić information content (AvgIpc) is 2.57. The highest BCUT2D eigenvalue weighted by atomic mass is 16.5. The van der Waals surface area contributed by atoms with Crippen LogP contribution in [-0.4, -0.2) is 22.7 Å². The molecule has 0 saturated carbocycles. The van der Waals surface area contributed by atoms with Crippen molar-refractivity contribution in [3.63, 3.8) is 0 Å². The summed E-state index contributed by atoms with van der Waals surface area (Å²) in [6.07, 6.45) is 1.32. The largest absolute Gasteiger partial charge is 0.504 e. The first-order chi connectivity index (χ1) is 11.5. The van der Waals surface area contributed by atoms with Crippen molar-refractivity contribution in [2.45, 2.75) is 6.92 Å². The van der Waals surface area contributed by atoms with Crippen LogP contribution in [0.4, 0.5) is 5.69 Å². The fourth-order valence-corrected chi connectivity index (χ4v) is 1.99. The minimum Gasteiger partial charge on any atom is -0.504 e. The SMILES string of the molecule is CCOc1ccccc1NC(=O)/C(C#N)=C/c1ccc(O)c(O)c1. The zero-order chi connectivity index (χ0) is 17.5. The van der Waals surface area contributed by atoms with Gasteiger partial charge >= 0.3 is 0 Å². The fraction of sp³-hybridized carbons (Fsp3) is 0.111. The van der Waals surface area contributed by atoms with Crippen molar-refractivity contribution in [1.82, 2.24) is 0 Å². The van der Waals surface area contributed by atoms with Gasteiger partial charge in [0, 0.05) is 0 Å². The first-order valence-electron chi connectivity index (χ1n) is 7.22. The van der Waals surface area contributed by atoms with Gasteiger partial charge in [-0.2, -0.15) is 5.26 Å². The fourth-order valence-electron chi connectivity index (χ4n) is 1.99. The van der Waals surface area contributed by atoms with Gasteiger partial charge in [-0.15, -0.1) is 0 Å². The number of nitrogens with zero attached hydrogens (tertiary/aromatic N) is 1. The highest BCUT2D eigenvalue weighted by molar-refractivity contribution is 6.10. The van der Waals surface area contributed by atoms with Gasteiger partial charge in [0.2, 0.25) is 0 Å². The monoisotopic (exact) mass is 324 g/mol. The van der Waals surface area contributed by atoms with E-state index in [1.54, 1.807) is 24.3 Å². The minimum atomic E-state index is -0.600. The van der Waals surface area contributed by atoms with Crippen LogP contribution in [-0.2, 0) is 4.79 Å². The van der Waals surface area contributed by atoms with Crippen LogP contribution in [0.1, 0.15) is 12.5 Å². The van der Waals surface area contributed by atoms with Gasteiger partial charge in [0.25, 0.3) is 5.91 Å². The number of nitrogens with one attached hydrogen (secondary N) is 1. The predicted octanol–water partition coefficient (Wildman–Crippen LogP) is 3.04. The molecule has 0 aliphatic rings. The molecule has 1 amide bonds. The zero-order valence-corrected chi connectivity index (χ0v) is 13.0. The number of phenolic OH excluding ortho intramolecular Hbond substituents is 2. The molecule has 2 aromatic rings. The van der Waals surface area contributed by atoms with Crippen molar-refractivity contribution in [2.75, 3.05) is 11.9 Å². The van der Waals surface area contributed by atoms with Gasteiger partial charge in [0.15, 0.2) is 11.5 Å². The minimum absolute atomic E-state index is 0.147. The second-order valence-corrected chi connectivity index (χ2v) is 4.80. The van der Waals surface area contributed by atoms with Crippen molar-refractivity contribution >= 4 is 17.7 Å². The number of aromatic hydroxyl groups is 2. The van der Waals surface area contributed by atoms with Crippen LogP contribution >= 0.6 is 0 Å². The summed E-state index contributed by atoms with van der Waals surface area (Å²) in [5, 5.41) is 30.6. The van der Waals surface area contributed by atoms with E-state index in [-0.39, 0.29) is 17.1 Å². The number of hydrogen-bond donors (Lipinski definition) is 3. The molecule has 122 valence electrons. The van der Waals surface area contributed by atoms with E-state index in [9.17, 15) is 20.3 Å². The van der Waals surface area contributed by atoms with Crippen molar-refractivity contribution < 1.29 is 19.7 Å². The molecular formula is C18H16N2O4. The van der Waals surface area contributed by atoms with Crippen LogP contribution in [0.2, 0.25) is 0 Å². The van der Waals surface area contributed by atoms with Crippen LogP contribution < -0.4 is 10.1 Å². The molecule has 0 saturated heterocycles. The van der Waals surface area contributed by atoms with Gasteiger partial charge in [-0.3, -0.25) is 4.79 Å². The summed E-state index contributed by atoms with van der Waals surface area (Å²) in [4.78, 5) is 12.3. The second kappa shape index (κ2) is 7.70. The molecule has 3 N–H and O–H groups in total. The molecule has 24 heavy (non-hydrogen) atoms. The number of ether oxygens (including phenoxy) is 1. The van der Waals surface area contributed by atoms with Crippen LogP contribution in [0.3, 0.4) is 0 Å². The Morgan fingerprint density at radius 1 is 1.25 bits per heavy atom. The first kappa shape index (κ1) is 16.9. The summed E-state index contributed by atoms with van der Waals surface area (Å²) in [6, 6.07) is 12.7. The molecule has 0 aliphatic heterocycles. The van der Waals surface area contributed by atoms with Crippen LogP contribution in [0.5, 0.6) is 17.2 Å². The van der Waals surface area contributed by atoms with Gasteiger partial charge < -0.3 is 20.3 Å². The zero-order valence-electron chi connectivity index (χ0n) is 13.0. The topological polar surface area (TPSA) is 103 Å². The maximum absolute atomic E-state index is 12.3. The van der Waals surface area contributed by atoms with E-state index in [1.165, 1.54) is 24.3 Å². The number of carbonyl (C=O) groups excluding carboxylic acids is 1. The lowest BCUT2D eigenvalue weighted by Gasteiger charge is -2.10. The Bertz CT molecular complexity index is 822. The van der Waals surface area contributed by atoms with Gasteiger partial charge in [0.1, 0.15) is 17.4 Å². The predicted molar refractivity (Wildman–Crippen MR) is 89.6 cm³/mol. The Morgan fingerprint density at radius 3 is 2.67 bits per heavy atom. The average molecular weight is 324 g/mol. The third-order valence-corrected chi connectivity index (χ3v) is 3.11. The number of hydrogen-bond acceptors (Lipinski definition) is 5. The number of para-hydroxylation sites is 2. The molecule has 0 atom stereocenters. The van der Waals surface area contributed by atoms with Crippen molar-refractivity contribution in [2.24, 2.45) is 0 Å². The normalized spacial score (nSPS) is 10.8. The number of benzene rings is 2. The molecule has 0 unspecified atom stereocenters.